The second-order valence-corrected chi connectivity index (χ2v) is 8.80. The number of methoxy groups -OCH3 is 1. The molecule has 1 aliphatic rings. The molecule has 0 atom stereocenters. The van der Waals surface area contributed by atoms with Crippen LogP contribution in [0.1, 0.15) is 49.5 Å². The van der Waals surface area contributed by atoms with Gasteiger partial charge in [-0.2, -0.15) is 0 Å². The van der Waals surface area contributed by atoms with E-state index in [1.54, 1.807) is 43.1 Å². The predicted octanol–water partition coefficient (Wildman–Crippen LogP) is 5.60. The molecule has 1 heterocycles. The number of nitrogens with zero attached hydrogens (tertiary/aromatic N) is 4. The molecule has 1 aliphatic carbocycles. The number of anilines is 1. The van der Waals surface area contributed by atoms with Gasteiger partial charge in [-0.05, 0) is 30.5 Å². The number of nitro benzene ring substituents is 1. The Morgan fingerprint density at radius 2 is 1.94 bits per heavy atom. The van der Waals surface area contributed by atoms with Gasteiger partial charge in [0.1, 0.15) is 5.75 Å². The summed E-state index contributed by atoms with van der Waals surface area (Å²) in [6, 6.07) is 15.0. The lowest BCUT2D eigenvalue weighted by atomic mass is 9.95. The van der Waals surface area contributed by atoms with Crippen molar-refractivity contribution in [1.82, 2.24) is 14.8 Å². The zero-order valence-electron chi connectivity index (χ0n) is 18.1. The minimum atomic E-state index is -0.377. The maximum atomic E-state index is 10.9. The van der Waals surface area contributed by atoms with E-state index in [0.29, 0.717) is 18.3 Å². The summed E-state index contributed by atoms with van der Waals surface area (Å²) in [7, 11) is 1.66. The second-order valence-electron chi connectivity index (χ2n) is 7.86. The molecule has 8 nitrogen and oxygen atoms in total. The van der Waals surface area contributed by atoms with Gasteiger partial charge in [-0.25, -0.2) is 0 Å². The normalized spacial score (nSPS) is 14.3. The van der Waals surface area contributed by atoms with Gasteiger partial charge in [0.05, 0.1) is 18.6 Å². The lowest BCUT2D eigenvalue weighted by Crippen LogP contribution is -2.18. The topological polar surface area (TPSA) is 95.1 Å². The number of ether oxygens (including phenoxy) is 1. The summed E-state index contributed by atoms with van der Waals surface area (Å²) in [5, 5.41) is 24.2. The van der Waals surface area contributed by atoms with E-state index in [4.69, 9.17) is 4.74 Å². The van der Waals surface area contributed by atoms with Crippen molar-refractivity contribution in [3.63, 3.8) is 0 Å². The zero-order chi connectivity index (χ0) is 22.3. The fraction of sp³-hybridized carbons (Fsp3) is 0.391. The summed E-state index contributed by atoms with van der Waals surface area (Å²) in [6.45, 7) is 0.578. The summed E-state index contributed by atoms with van der Waals surface area (Å²) in [5.41, 5.74) is 2.10. The highest BCUT2D eigenvalue weighted by molar-refractivity contribution is 7.98. The van der Waals surface area contributed by atoms with Crippen LogP contribution in [-0.4, -0.2) is 26.8 Å². The van der Waals surface area contributed by atoms with E-state index in [-0.39, 0.29) is 10.6 Å². The minimum Gasteiger partial charge on any atom is -0.497 e. The average Bonchev–Trinajstić information content (AvgIpc) is 3.25. The maximum absolute atomic E-state index is 10.9. The Kier molecular flexibility index (Phi) is 7.26. The average molecular weight is 454 g/mol. The number of hydrogen-bond acceptors (Lipinski definition) is 7. The molecule has 0 spiro atoms. The summed E-state index contributed by atoms with van der Waals surface area (Å²) in [6.07, 6.45) is 5.99. The number of hydrogen-bond donors (Lipinski definition) is 1. The Labute approximate surface area is 191 Å². The van der Waals surface area contributed by atoms with Gasteiger partial charge >= 0.3 is 0 Å². The first-order valence-electron chi connectivity index (χ1n) is 10.8. The van der Waals surface area contributed by atoms with Crippen molar-refractivity contribution < 1.29 is 9.66 Å². The van der Waals surface area contributed by atoms with Crippen LogP contribution in [0.3, 0.4) is 0 Å². The van der Waals surface area contributed by atoms with E-state index in [1.165, 1.54) is 19.3 Å². The van der Waals surface area contributed by atoms with E-state index < -0.39 is 0 Å². The number of thioether (sulfide) groups is 1. The molecule has 0 saturated heterocycles. The summed E-state index contributed by atoms with van der Waals surface area (Å²) >= 11 is 1.63. The van der Waals surface area contributed by atoms with Crippen LogP contribution in [0, 0.1) is 10.1 Å². The fourth-order valence-electron chi connectivity index (χ4n) is 4.01. The molecule has 0 radical (unpaired) electrons. The molecule has 2 aromatic carbocycles. The molecule has 1 N–H and O–H groups in total. The van der Waals surface area contributed by atoms with Crippen molar-refractivity contribution in [2.45, 2.75) is 55.6 Å². The summed E-state index contributed by atoms with van der Waals surface area (Å²) in [5.74, 6) is 2.42. The molecule has 0 amide bonds. The first-order chi connectivity index (χ1) is 15.6. The van der Waals surface area contributed by atoms with Crippen LogP contribution < -0.4 is 10.1 Å². The van der Waals surface area contributed by atoms with Crippen molar-refractivity contribution in [2.24, 2.45) is 0 Å². The van der Waals surface area contributed by atoms with Gasteiger partial charge in [-0.15, -0.1) is 10.2 Å². The molecule has 0 bridgehead atoms. The van der Waals surface area contributed by atoms with E-state index in [2.05, 4.69) is 20.1 Å². The molecule has 0 aliphatic heterocycles. The van der Waals surface area contributed by atoms with Gasteiger partial charge in [0.25, 0.3) is 5.69 Å². The van der Waals surface area contributed by atoms with Crippen molar-refractivity contribution in [1.29, 1.82) is 0 Å². The number of nitro groups is 1. The summed E-state index contributed by atoms with van der Waals surface area (Å²) < 4.78 is 7.60. The Morgan fingerprint density at radius 3 is 2.66 bits per heavy atom. The Balaban J connectivity index is 1.49. The fourth-order valence-corrected chi connectivity index (χ4v) is 4.99. The molecule has 1 aromatic heterocycles. The van der Waals surface area contributed by atoms with E-state index >= 15 is 0 Å². The van der Waals surface area contributed by atoms with E-state index in [1.807, 2.05) is 24.3 Å². The third-order valence-electron chi connectivity index (χ3n) is 5.71. The van der Waals surface area contributed by atoms with Gasteiger partial charge in [-0.3, -0.25) is 10.1 Å². The van der Waals surface area contributed by atoms with Crippen LogP contribution in [0.4, 0.5) is 11.4 Å². The first-order valence-corrected chi connectivity index (χ1v) is 11.8. The lowest BCUT2D eigenvalue weighted by molar-refractivity contribution is -0.384. The Morgan fingerprint density at radius 1 is 1.16 bits per heavy atom. The first kappa shape index (κ1) is 22.1. The lowest BCUT2D eigenvalue weighted by Gasteiger charge is -2.25. The molecule has 1 saturated carbocycles. The highest BCUT2D eigenvalue weighted by atomic mass is 32.2. The van der Waals surface area contributed by atoms with Crippen LogP contribution in [0.2, 0.25) is 0 Å². The smallest absolute Gasteiger partial charge is 0.269 e. The molecule has 3 aromatic rings. The number of rotatable bonds is 9. The van der Waals surface area contributed by atoms with Gasteiger partial charge in [0.15, 0.2) is 11.0 Å². The predicted molar refractivity (Wildman–Crippen MR) is 125 cm³/mol. The standard InChI is InChI=1S/C23H27N5O3S/c1-31-21-9-5-6-18(14-21)24-15-22-25-26-23(27(22)19-7-3-2-4-8-19)32-16-17-10-12-20(13-11-17)28(29)30/h5-6,9-14,19,24H,2-4,7-8,15-16H2,1H3. The van der Waals surface area contributed by atoms with E-state index in [0.717, 1.165) is 40.8 Å². The number of benzene rings is 2. The quantitative estimate of drug-likeness (QED) is 0.256. The van der Waals surface area contributed by atoms with Gasteiger partial charge in [0, 0.05) is 35.7 Å². The van der Waals surface area contributed by atoms with Crippen LogP contribution in [0.25, 0.3) is 0 Å². The van der Waals surface area contributed by atoms with Crippen LogP contribution in [0.15, 0.2) is 53.7 Å². The van der Waals surface area contributed by atoms with Crippen LogP contribution >= 0.6 is 11.8 Å². The van der Waals surface area contributed by atoms with Gasteiger partial charge in [0.2, 0.25) is 0 Å². The zero-order valence-corrected chi connectivity index (χ0v) is 18.9. The Hall–Kier alpha value is -3.07. The van der Waals surface area contributed by atoms with Crippen LogP contribution in [0.5, 0.6) is 5.75 Å². The third-order valence-corrected chi connectivity index (χ3v) is 6.72. The molecule has 4 rings (SSSR count). The molecule has 1 fully saturated rings. The molecule has 168 valence electrons. The van der Waals surface area contributed by atoms with Crippen molar-refractivity contribution in [3.05, 3.63) is 70.0 Å². The number of aromatic nitrogens is 3. The van der Waals surface area contributed by atoms with E-state index in [9.17, 15) is 10.1 Å². The minimum absolute atomic E-state index is 0.107. The van der Waals surface area contributed by atoms with Crippen molar-refractivity contribution in [3.8, 4) is 5.75 Å². The molecular weight excluding hydrogens is 426 g/mol. The van der Waals surface area contributed by atoms with Crippen LogP contribution in [-0.2, 0) is 12.3 Å². The molecule has 0 unspecified atom stereocenters. The highest BCUT2D eigenvalue weighted by Gasteiger charge is 2.23. The number of non-ortho nitro benzene ring substituents is 1. The molecular formula is C23H27N5O3S. The van der Waals surface area contributed by atoms with Gasteiger partial charge < -0.3 is 14.6 Å². The van der Waals surface area contributed by atoms with Crippen molar-refractivity contribution >= 4 is 23.1 Å². The van der Waals surface area contributed by atoms with Crippen molar-refractivity contribution in [2.75, 3.05) is 12.4 Å². The number of nitrogens with one attached hydrogen (secondary N) is 1. The highest BCUT2D eigenvalue weighted by Crippen LogP contribution is 2.34. The second kappa shape index (κ2) is 10.5. The SMILES string of the molecule is COc1cccc(NCc2nnc(SCc3ccc([N+](=O)[O-])cc3)n2C2CCCCC2)c1. The molecule has 9 heteroatoms. The Bertz CT molecular complexity index is 1050. The molecule has 32 heavy (non-hydrogen) atoms. The summed E-state index contributed by atoms with van der Waals surface area (Å²) in [4.78, 5) is 10.5. The third kappa shape index (κ3) is 5.40. The largest absolute Gasteiger partial charge is 0.497 e. The maximum Gasteiger partial charge on any atom is 0.269 e. The monoisotopic (exact) mass is 453 g/mol. The van der Waals surface area contributed by atoms with Gasteiger partial charge in [-0.1, -0.05) is 49.2 Å².